The second-order valence-electron chi connectivity index (χ2n) is 11.1. The van der Waals surface area contributed by atoms with Crippen molar-refractivity contribution >= 4 is 29.3 Å². The van der Waals surface area contributed by atoms with E-state index >= 15 is 0 Å². The van der Waals surface area contributed by atoms with Gasteiger partial charge >= 0.3 is 18.2 Å². The Kier molecular flexibility index (Phi) is 9.82. The zero-order valence-electron chi connectivity index (χ0n) is 23.9. The highest BCUT2D eigenvalue weighted by Gasteiger charge is 2.53. The molecule has 42 heavy (non-hydrogen) atoms. The van der Waals surface area contributed by atoms with Crippen molar-refractivity contribution < 1.29 is 37.3 Å². The Hall–Kier alpha value is -3.18. The van der Waals surface area contributed by atoms with Gasteiger partial charge in [0.15, 0.2) is 11.5 Å². The molecule has 2 aromatic carbocycles. The van der Waals surface area contributed by atoms with Crippen molar-refractivity contribution in [3.8, 4) is 11.5 Å². The van der Waals surface area contributed by atoms with Crippen molar-refractivity contribution in [3.63, 3.8) is 0 Å². The maximum absolute atomic E-state index is 12.9. The molecule has 3 atom stereocenters. The van der Waals surface area contributed by atoms with E-state index in [-0.39, 0.29) is 17.5 Å². The highest BCUT2D eigenvalue weighted by Crippen LogP contribution is 2.52. The fraction of sp³-hybridized carbons (Fsp3) is 0.533. The molecule has 0 spiro atoms. The number of amides is 2. The third-order valence-corrected chi connectivity index (χ3v) is 9.06. The van der Waals surface area contributed by atoms with Crippen LogP contribution < -0.4 is 20.1 Å². The average molecular weight is 612 g/mol. The van der Waals surface area contributed by atoms with Crippen LogP contribution in [0.25, 0.3) is 0 Å². The topological polar surface area (TPSA) is 100 Å². The van der Waals surface area contributed by atoms with Crippen LogP contribution in [0.4, 0.5) is 23.7 Å². The van der Waals surface area contributed by atoms with Crippen LogP contribution in [0, 0.1) is 6.92 Å². The van der Waals surface area contributed by atoms with Crippen molar-refractivity contribution in [2.75, 3.05) is 26.1 Å². The number of anilines is 1. The molecule has 3 aliphatic rings. The SMILES string of the molecule is COc1ccc([C@@]23CC[C@@H](NC(=O)Nc4cc(Cl)ccc4C)C[C@@H]2N(C2CCC2)CC3)cc1OC.O=C(O)C(F)(F)F. The Morgan fingerprint density at radius 3 is 2.33 bits per heavy atom. The van der Waals surface area contributed by atoms with Gasteiger partial charge in [0.05, 0.1) is 14.2 Å². The number of ether oxygens (including phenoxy) is 2. The number of carboxylic acids is 1. The van der Waals surface area contributed by atoms with Crippen LogP contribution in [-0.4, -0.2) is 67.1 Å². The minimum absolute atomic E-state index is 0.0767. The summed E-state index contributed by atoms with van der Waals surface area (Å²) in [5.41, 5.74) is 3.15. The number of fused-ring (bicyclic) bond motifs is 1. The predicted molar refractivity (Wildman–Crippen MR) is 154 cm³/mol. The number of aliphatic carboxylic acids is 1. The third kappa shape index (κ3) is 6.89. The number of carboxylic acid groups (broad SMARTS) is 1. The number of benzene rings is 2. The molecule has 1 heterocycles. The van der Waals surface area contributed by atoms with Crippen molar-refractivity contribution in [2.45, 2.75) is 81.6 Å². The molecule has 0 radical (unpaired) electrons. The number of nitrogens with one attached hydrogen (secondary N) is 2. The molecule has 1 saturated heterocycles. The number of urea groups is 1. The maximum atomic E-state index is 12.9. The van der Waals surface area contributed by atoms with Crippen LogP contribution in [0.2, 0.25) is 5.02 Å². The first-order valence-electron chi connectivity index (χ1n) is 14.0. The average Bonchev–Trinajstić information content (AvgIpc) is 3.28. The standard InChI is InChI=1S/C28H36ClN3O3.C2HF3O2/c1-18-7-9-20(29)16-23(18)31-27(33)30-21-11-12-28(19-8-10-24(34-2)25(15-19)35-3)13-14-32(26(28)17-21)22-5-4-6-22;3-2(4,5)1(6)7/h7-10,15-16,21-22,26H,4-6,11-14,17H2,1-3H3,(H2,30,31,33);(H,6,7)/t21-,26+,28+;/m1./s1. The number of alkyl halides is 3. The number of halogens is 4. The molecule has 2 amide bonds. The van der Waals surface area contributed by atoms with E-state index in [0.29, 0.717) is 17.1 Å². The number of nitrogens with zero attached hydrogens (tertiary/aromatic N) is 1. The number of rotatable bonds is 6. The van der Waals surface area contributed by atoms with Crippen LogP contribution in [0.5, 0.6) is 11.5 Å². The molecule has 1 aliphatic heterocycles. The fourth-order valence-electron chi connectivity index (χ4n) is 6.43. The Morgan fingerprint density at radius 1 is 1.05 bits per heavy atom. The molecule has 2 saturated carbocycles. The lowest BCUT2D eigenvalue weighted by atomic mass is 9.64. The molecule has 0 unspecified atom stereocenters. The van der Waals surface area contributed by atoms with Crippen LogP contribution in [0.3, 0.4) is 0 Å². The molecule has 2 aliphatic carbocycles. The van der Waals surface area contributed by atoms with Gasteiger partial charge in [-0.3, -0.25) is 4.90 Å². The monoisotopic (exact) mass is 611 g/mol. The van der Waals surface area contributed by atoms with Crippen molar-refractivity contribution in [1.29, 1.82) is 0 Å². The van der Waals surface area contributed by atoms with Gasteiger partial charge < -0.3 is 25.2 Å². The van der Waals surface area contributed by atoms with Gasteiger partial charge in [-0.25, -0.2) is 9.59 Å². The van der Waals surface area contributed by atoms with Crippen LogP contribution in [0.15, 0.2) is 36.4 Å². The molecule has 3 fully saturated rings. The zero-order valence-corrected chi connectivity index (χ0v) is 24.6. The second kappa shape index (κ2) is 13.0. The molecule has 0 aromatic heterocycles. The lowest BCUT2D eigenvalue weighted by molar-refractivity contribution is -0.192. The zero-order chi connectivity index (χ0) is 30.7. The Labute approximate surface area is 248 Å². The van der Waals surface area contributed by atoms with E-state index in [1.54, 1.807) is 20.3 Å². The van der Waals surface area contributed by atoms with Gasteiger partial charge in [-0.05, 0) is 87.4 Å². The van der Waals surface area contributed by atoms with Gasteiger partial charge in [0.25, 0.3) is 0 Å². The van der Waals surface area contributed by atoms with Gasteiger partial charge in [-0.2, -0.15) is 13.2 Å². The van der Waals surface area contributed by atoms with E-state index in [4.69, 9.17) is 31.0 Å². The first-order valence-corrected chi connectivity index (χ1v) is 14.4. The molecule has 0 bridgehead atoms. The largest absolute Gasteiger partial charge is 0.493 e. The maximum Gasteiger partial charge on any atom is 0.490 e. The minimum Gasteiger partial charge on any atom is -0.493 e. The Morgan fingerprint density at radius 2 is 1.74 bits per heavy atom. The quantitative estimate of drug-likeness (QED) is 0.343. The van der Waals surface area contributed by atoms with E-state index in [2.05, 4.69) is 27.7 Å². The summed E-state index contributed by atoms with van der Waals surface area (Å²) in [6.07, 6.45) is 2.89. The van der Waals surface area contributed by atoms with Gasteiger partial charge in [-0.1, -0.05) is 30.2 Å². The molecule has 12 heteroatoms. The predicted octanol–water partition coefficient (Wildman–Crippen LogP) is 6.54. The van der Waals surface area contributed by atoms with Crippen LogP contribution in [0.1, 0.15) is 56.1 Å². The molecular formula is C30H37ClF3N3O5. The van der Waals surface area contributed by atoms with Crippen LogP contribution >= 0.6 is 11.6 Å². The van der Waals surface area contributed by atoms with Gasteiger partial charge in [0, 0.05) is 34.3 Å². The van der Waals surface area contributed by atoms with Crippen molar-refractivity contribution in [3.05, 3.63) is 52.5 Å². The van der Waals surface area contributed by atoms with Crippen molar-refractivity contribution in [2.24, 2.45) is 0 Å². The minimum atomic E-state index is -5.08. The molecule has 3 N–H and O–H groups in total. The Bertz CT molecular complexity index is 1290. The summed E-state index contributed by atoms with van der Waals surface area (Å²) in [5, 5.41) is 14.0. The van der Waals surface area contributed by atoms with E-state index < -0.39 is 12.1 Å². The summed E-state index contributed by atoms with van der Waals surface area (Å²) in [5.74, 6) is -1.20. The van der Waals surface area contributed by atoms with E-state index in [1.807, 2.05) is 25.1 Å². The highest BCUT2D eigenvalue weighted by molar-refractivity contribution is 6.31. The van der Waals surface area contributed by atoms with E-state index in [9.17, 15) is 18.0 Å². The molecule has 2 aromatic rings. The smallest absolute Gasteiger partial charge is 0.490 e. The lowest BCUT2D eigenvalue weighted by Crippen LogP contribution is -2.55. The summed E-state index contributed by atoms with van der Waals surface area (Å²) in [6.45, 7) is 3.09. The summed E-state index contributed by atoms with van der Waals surface area (Å²) in [4.78, 5) is 24.6. The second-order valence-corrected chi connectivity index (χ2v) is 11.6. The van der Waals surface area contributed by atoms with Gasteiger partial charge in [0.1, 0.15) is 0 Å². The lowest BCUT2D eigenvalue weighted by Gasteiger charge is -2.48. The molecule has 8 nitrogen and oxygen atoms in total. The molecule has 230 valence electrons. The number of hydrogen-bond acceptors (Lipinski definition) is 5. The highest BCUT2D eigenvalue weighted by atomic mass is 35.5. The summed E-state index contributed by atoms with van der Waals surface area (Å²) >= 11 is 6.14. The first-order chi connectivity index (χ1) is 19.9. The third-order valence-electron chi connectivity index (χ3n) is 8.83. The summed E-state index contributed by atoms with van der Waals surface area (Å²) in [7, 11) is 3.38. The number of carbonyl (C=O) groups excluding carboxylic acids is 1. The van der Waals surface area contributed by atoms with E-state index in [0.717, 1.165) is 55.0 Å². The number of carbonyl (C=O) groups is 2. The summed E-state index contributed by atoms with van der Waals surface area (Å²) < 4.78 is 42.9. The molecular weight excluding hydrogens is 575 g/mol. The van der Waals surface area contributed by atoms with Gasteiger partial charge in [-0.15, -0.1) is 0 Å². The fourth-order valence-corrected chi connectivity index (χ4v) is 6.60. The Balaban J connectivity index is 0.000000517. The summed E-state index contributed by atoms with van der Waals surface area (Å²) in [6, 6.07) is 13.0. The first kappa shape index (κ1) is 31.7. The van der Waals surface area contributed by atoms with Crippen molar-refractivity contribution in [1.82, 2.24) is 10.2 Å². The number of methoxy groups -OCH3 is 2. The van der Waals surface area contributed by atoms with Crippen LogP contribution in [-0.2, 0) is 10.2 Å². The number of aryl methyl sites for hydroxylation is 1. The number of hydrogen-bond donors (Lipinski definition) is 3. The van der Waals surface area contributed by atoms with Gasteiger partial charge in [0.2, 0.25) is 0 Å². The normalized spacial score (nSPS) is 24.0. The van der Waals surface area contributed by atoms with E-state index in [1.165, 1.54) is 24.8 Å². The molecule has 5 rings (SSSR count). The number of likely N-dealkylation sites (tertiary alicyclic amines) is 1.